The van der Waals surface area contributed by atoms with Crippen LogP contribution in [0.25, 0.3) is 22.4 Å². The van der Waals surface area contributed by atoms with Crippen molar-refractivity contribution in [3.8, 4) is 11.4 Å². The average Bonchev–Trinajstić information content (AvgIpc) is 2.86. The Hall–Kier alpha value is -2.41. The zero-order chi connectivity index (χ0) is 16.6. The van der Waals surface area contributed by atoms with Crippen molar-refractivity contribution in [3.05, 3.63) is 47.5 Å². The Bertz CT molecular complexity index is 877. The van der Waals surface area contributed by atoms with Gasteiger partial charge in [0, 0.05) is 36.0 Å². The zero-order valence-electron chi connectivity index (χ0n) is 12.4. The molecule has 0 saturated heterocycles. The molecule has 0 bridgehead atoms. The summed E-state index contributed by atoms with van der Waals surface area (Å²) in [7, 11) is 0. The molecule has 0 radical (unpaired) electrons. The first-order valence-electron chi connectivity index (χ1n) is 7.15. The van der Waals surface area contributed by atoms with Crippen LogP contribution in [0.1, 0.15) is 12.5 Å². The predicted octanol–water partition coefficient (Wildman–Crippen LogP) is 3.07. The number of fused-ring (bicyclic) bond motifs is 1. The van der Waals surface area contributed by atoms with Gasteiger partial charge in [0.25, 0.3) is 0 Å². The van der Waals surface area contributed by atoms with Crippen molar-refractivity contribution >= 4 is 11.0 Å². The van der Waals surface area contributed by atoms with Gasteiger partial charge in [0.1, 0.15) is 11.6 Å². The second kappa shape index (κ2) is 6.00. The number of aromatic nitrogens is 3. The van der Waals surface area contributed by atoms with Gasteiger partial charge >= 0.3 is 0 Å². The highest BCUT2D eigenvalue weighted by Crippen LogP contribution is 2.29. The molecule has 0 saturated carbocycles. The lowest BCUT2D eigenvalue weighted by Gasteiger charge is -2.11. The zero-order valence-corrected chi connectivity index (χ0v) is 12.4. The molecule has 0 fully saturated rings. The summed E-state index contributed by atoms with van der Waals surface area (Å²) in [5, 5.41) is 9.27. The quantitative estimate of drug-likeness (QED) is 0.803. The lowest BCUT2D eigenvalue weighted by molar-refractivity contribution is 0.278. The monoisotopic (exact) mass is 321 g/mol. The van der Waals surface area contributed by atoms with Crippen molar-refractivity contribution in [2.75, 3.05) is 6.61 Å². The van der Waals surface area contributed by atoms with E-state index >= 15 is 0 Å². The van der Waals surface area contributed by atoms with Crippen LogP contribution in [-0.4, -0.2) is 26.2 Å². The molecule has 3 aromatic rings. The van der Waals surface area contributed by atoms with Crippen molar-refractivity contribution in [3.63, 3.8) is 0 Å². The fraction of sp³-hybridized carbons (Fsp3) is 0.250. The second-order valence-corrected chi connectivity index (χ2v) is 5.07. The van der Waals surface area contributed by atoms with Crippen LogP contribution in [0.2, 0.25) is 0 Å². The van der Waals surface area contributed by atoms with Crippen LogP contribution in [0.4, 0.5) is 13.2 Å². The molecule has 23 heavy (non-hydrogen) atoms. The molecule has 120 valence electrons. The van der Waals surface area contributed by atoms with Crippen LogP contribution >= 0.6 is 0 Å². The Labute approximate surface area is 130 Å². The van der Waals surface area contributed by atoms with Crippen LogP contribution in [0.5, 0.6) is 0 Å². The first kappa shape index (κ1) is 15.5. The molecule has 2 heterocycles. The maximum absolute atomic E-state index is 14.0. The summed E-state index contributed by atoms with van der Waals surface area (Å²) in [6.45, 7) is 1.69. The van der Waals surface area contributed by atoms with E-state index in [4.69, 9.17) is 0 Å². The molecule has 3 rings (SSSR count). The molecule has 1 aromatic carbocycles. The van der Waals surface area contributed by atoms with Crippen LogP contribution < -0.4 is 0 Å². The van der Waals surface area contributed by atoms with E-state index in [0.29, 0.717) is 28.9 Å². The minimum absolute atomic E-state index is 0.122. The average molecular weight is 321 g/mol. The van der Waals surface area contributed by atoms with Crippen molar-refractivity contribution in [1.29, 1.82) is 0 Å². The molecular weight excluding hydrogens is 307 g/mol. The van der Waals surface area contributed by atoms with E-state index in [-0.39, 0.29) is 18.7 Å². The molecule has 0 unspecified atom stereocenters. The third-order valence-corrected chi connectivity index (χ3v) is 3.71. The number of imidazole rings is 1. The van der Waals surface area contributed by atoms with E-state index in [1.165, 1.54) is 10.8 Å². The molecule has 0 aliphatic heterocycles. The third kappa shape index (κ3) is 2.57. The molecule has 4 nitrogen and oxygen atoms in total. The van der Waals surface area contributed by atoms with Crippen molar-refractivity contribution in [2.24, 2.45) is 0 Å². The van der Waals surface area contributed by atoms with E-state index in [0.717, 1.165) is 18.3 Å². The maximum Gasteiger partial charge on any atom is 0.161 e. The van der Waals surface area contributed by atoms with Gasteiger partial charge in [-0.2, -0.15) is 0 Å². The highest BCUT2D eigenvalue weighted by atomic mass is 19.2. The van der Waals surface area contributed by atoms with Crippen LogP contribution in [0.3, 0.4) is 0 Å². The first-order chi connectivity index (χ1) is 11.1. The van der Waals surface area contributed by atoms with Gasteiger partial charge in [-0.25, -0.2) is 18.2 Å². The van der Waals surface area contributed by atoms with Gasteiger partial charge in [-0.3, -0.25) is 4.98 Å². The summed E-state index contributed by atoms with van der Waals surface area (Å²) in [6, 6.07) is 2.01. The molecular formula is C16H14F3N3O. The van der Waals surface area contributed by atoms with Crippen LogP contribution in [0.15, 0.2) is 24.5 Å². The number of pyridine rings is 1. The Morgan fingerprint density at radius 3 is 2.52 bits per heavy atom. The Morgan fingerprint density at radius 1 is 1.09 bits per heavy atom. The number of aliphatic hydroxyl groups is 1. The molecule has 7 heteroatoms. The Kier molecular flexibility index (Phi) is 4.04. The summed E-state index contributed by atoms with van der Waals surface area (Å²) in [5.41, 5.74) is 1.42. The van der Waals surface area contributed by atoms with Gasteiger partial charge in [0.15, 0.2) is 11.6 Å². The number of nitrogens with zero attached hydrogens (tertiary/aromatic N) is 3. The third-order valence-electron chi connectivity index (χ3n) is 3.71. The van der Waals surface area contributed by atoms with E-state index in [1.54, 1.807) is 6.92 Å². The van der Waals surface area contributed by atoms with E-state index in [2.05, 4.69) is 9.97 Å². The topological polar surface area (TPSA) is 50.9 Å². The van der Waals surface area contributed by atoms with Gasteiger partial charge in [-0.15, -0.1) is 0 Å². The number of hydrogen-bond donors (Lipinski definition) is 1. The number of benzene rings is 1. The molecule has 0 aliphatic rings. The molecule has 1 N–H and O–H groups in total. The van der Waals surface area contributed by atoms with Gasteiger partial charge in [0.2, 0.25) is 0 Å². The van der Waals surface area contributed by atoms with Crippen molar-refractivity contribution in [2.45, 2.75) is 19.9 Å². The fourth-order valence-electron chi connectivity index (χ4n) is 2.67. The van der Waals surface area contributed by atoms with Crippen LogP contribution in [-0.2, 0) is 13.0 Å². The highest BCUT2D eigenvalue weighted by molar-refractivity contribution is 5.81. The fourth-order valence-corrected chi connectivity index (χ4v) is 2.67. The highest BCUT2D eigenvalue weighted by Gasteiger charge is 2.19. The maximum atomic E-state index is 14.0. The lowest BCUT2D eigenvalue weighted by Crippen LogP contribution is -2.06. The summed E-state index contributed by atoms with van der Waals surface area (Å²) in [6.07, 6.45) is 2.99. The van der Waals surface area contributed by atoms with E-state index < -0.39 is 17.5 Å². The van der Waals surface area contributed by atoms with E-state index in [9.17, 15) is 18.3 Å². The molecule has 0 atom stereocenters. The number of aliphatic hydroxyl groups excluding tert-OH is 1. The lowest BCUT2D eigenvalue weighted by atomic mass is 10.1. The minimum Gasteiger partial charge on any atom is -0.395 e. The molecule has 0 spiro atoms. The summed E-state index contributed by atoms with van der Waals surface area (Å²) in [4.78, 5) is 8.13. The molecule has 0 aliphatic carbocycles. The van der Waals surface area contributed by atoms with Crippen molar-refractivity contribution in [1.82, 2.24) is 14.5 Å². The number of hydrogen-bond acceptors (Lipinski definition) is 3. The normalized spacial score (nSPS) is 11.3. The number of halogens is 3. The van der Waals surface area contributed by atoms with Gasteiger partial charge in [0.05, 0.1) is 23.8 Å². The molecule has 2 aromatic heterocycles. The summed E-state index contributed by atoms with van der Waals surface area (Å²) < 4.78 is 42.5. The summed E-state index contributed by atoms with van der Waals surface area (Å²) >= 11 is 0. The van der Waals surface area contributed by atoms with Gasteiger partial charge in [-0.1, -0.05) is 6.92 Å². The largest absolute Gasteiger partial charge is 0.395 e. The van der Waals surface area contributed by atoms with Crippen molar-refractivity contribution < 1.29 is 18.3 Å². The Balaban J connectivity index is 2.33. The number of rotatable bonds is 4. The van der Waals surface area contributed by atoms with E-state index in [1.807, 2.05) is 0 Å². The predicted molar refractivity (Wildman–Crippen MR) is 79.3 cm³/mol. The minimum atomic E-state index is -1.01. The summed E-state index contributed by atoms with van der Waals surface area (Å²) in [5.74, 6) is -2.16. The van der Waals surface area contributed by atoms with Gasteiger partial charge < -0.3 is 9.67 Å². The van der Waals surface area contributed by atoms with Gasteiger partial charge in [-0.05, 0) is 6.42 Å². The second-order valence-electron chi connectivity index (χ2n) is 5.07. The standard InChI is InChI=1S/C16H14F3N3O/c1-2-9-10(7-20-8-13(9)19)16-21-14-5-11(17)12(18)6-15(14)22(16)3-4-23/h5-8,23H,2-4H2,1H3. The SMILES string of the molecule is CCc1c(F)cncc1-c1nc2cc(F)c(F)cc2n1CCO. The smallest absolute Gasteiger partial charge is 0.161 e. The Morgan fingerprint density at radius 2 is 1.83 bits per heavy atom. The first-order valence-corrected chi connectivity index (χ1v) is 7.15. The van der Waals surface area contributed by atoms with Crippen LogP contribution in [0, 0.1) is 17.5 Å². The molecule has 0 amide bonds.